The molecule has 0 fully saturated rings. The number of benzene rings is 2. The number of nitrogens with zero attached hydrogens (tertiary/aromatic N) is 3. The molecule has 5 heteroatoms. The molecule has 4 nitrogen and oxygen atoms in total. The topological polar surface area (TPSA) is 41.3 Å². The van der Waals surface area contributed by atoms with Crippen molar-refractivity contribution in [1.29, 1.82) is 0 Å². The fourth-order valence-corrected chi connectivity index (χ4v) is 3.52. The molecule has 0 spiro atoms. The smallest absolute Gasteiger partial charge is 0.123 e. The van der Waals surface area contributed by atoms with Crippen molar-refractivity contribution in [3.63, 3.8) is 0 Å². The van der Waals surface area contributed by atoms with Crippen LogP contribution in [0.3, 0.4) is 0 Å². The van der Waals surface area contributed by atoms with E-state index in [9.17, 15) is 9.50 Å². The highest BCUT2D eigenvalue weighted by Crippen LogP contribution is 2.21. The number of aliphatic hydroxyl groups is 1. The van der Waals surface area contributed by atoms with Gasteiger partial charge in [-0.3, -0.25) is 9.58 Å². The summed E-state index contributed by atoms with van der Waals surface area (Å²) in [6.45, 7) is 3.36. The molecular weight excluding hydrogens is 353 g/mol. The minimum atomic E-state index is -0.590. The first-order valence-electron chi connectivity index (χ1n) is 9.60. The van der Waals surface area contributed by atoms with Crippen molar-refractivity contribution >= 4 is 6.08 Å². The third-order valence-electron chi connectivity index (χ3n) is 5.05. The first-order valence-corrected chi connectivity index (χ1v) is 9.60. The zero-order chi connectivity index (χ0) is 19.3. The van der Waals surface area contributed by atoms with Crippen LogP contribution in [0.4, 0.5) is 4.39 Å². The van der Waals surface area contributed by atoms with Crippen LogP contribution < -0.4 is 0 Å². The summed E-state index contributed by atoms with van der Waals surface area (Å²) in [4.78, 5) is 2.34. The fraction of sp³-hybridized carbons (Fsp3) is 0.261. The third-order valence-corrected chi connectivity index (χ3v) is 5.05. The van der Waals surface area contributed by atoms with E-state index in [0.717, 1.165) is 48.7 Å². The lowest BCUT2D eigenvalue weighted by Gasteiger charge is -2.26. The molecule has 2 aromatic carbocycles. The minimum absolute atomic E-state index is 0.216. The SMILES string of the molecule is OC(Cc1ccccc1)c1cc2n(n1)CCN(C/C=C/c1ccc(F)cc1)C2. The molecule has 1 aliphatic heterocycles. The van der Waals surface area contributed by atoms with Crippen LogP contribution in [-0.2, 0) is 19.5 Å². The Balaban J connectivity index is 1.35. The average molecular weight is 377 g/mol. The predicted octanol–water partition coefficient (Wildman–Crippen LogP) is 3.83. The molecule has 0 bridgehead atoms. The van der Waals surface area contributed by atoms with Gasteiger partial charge in [-0.2, -0.15) is 5.10 Å². The number of hydrogen-bond donors (Lipinski definition) is 1. The number of rotatable bonds is 6. The second kappa shape index (κ2) is 8.50. The number of halogens is 1. The van der Waals surface area contributed by atoms with Gasteiger partial charge in [0.2, 0.25) is 0 Å². The van der Waals surface area contributed by atoms with Crippen LogP contribution >= 0.6 is 0 Å². The molecule has 1 atom stereocenters. The van der Waals surface area contributed by atoms with Crippen LogP contribution in [0.2, 0.25) is 0 Å². The third kappa shape index (κ3) is 4.55. The van der Waals surface area contributed by atoms with E-state index in [0.29, 0.717) is 6.42 Å². The van der Waals surface area contributed by atoms with E-state index in [1.54, 1.807) is 12.1 Å². The van der Waals surface area contributed by atoms with Crippen molar-refractivity contribution in [3.8, 4) is 0 Å². The molecule has 0 aliphatic carbocycles. The van der Waals surface area contributed by atoms with Gasteiger partial charge in [0.25, 0.3) is 0 Å². The lowest BCUT2D eigenvalue weighted by Crippen LogP contribution is -2.33. The second-order valence-electron chi connectivity index (χ2n) is 7.18. The maximum atomic E-state index is 13.0. The van der Waals surface area contributed by atoms with Gasteiger partial charge in [0, 0.05) is 26.1 Å². The zero-order valence-corrected chi connectivity index (χ0v) is 15.7. The van der Waals surface area contributed by atoms with Crippen LogP contribution in [0.15, 0.2) is 66.7 Å². The van der Waals surface area contributed by atoms with Gasteiger partial charge in [0.15, 0.2) is 0 Å². The first-order chi connectivity index (χ1) is 13.7. The highest BCUT2D eigenvalue weighted by molar-refractivity contribution is 5.49. The van der Waals surface area contributed by atoms with Crippen molar-refractivity contribution in [1.82, 2.24) is 14.7 Å². The number of aromatic nitrogens is 2. The molecule has 1 aliphatic rings. The summed E-state index contributed by atoms with van der Waals surface area (Å²) in [5, 5.41) is 15.2. The molecule has 1 N–H and O–H groups in total. The van der Waals surface area contributed by atoms with Crippen LogP contribution in [0.5, 0.6) is 0 Å². The Bertz CT molecular complexity index is 934. The number of fused-ring (bicyclic) bond motifs is 1. The number of hydrogen-bond acceptors (Lipinski definition) is 3. The lowest BCUT2D eigenvalue weighted by atomic mass is 10.1. The maximum absolute atomic E-state index is 13.0. The van der Waals surface area contributed by atoms with Crippen LogP contribution in [0.1, 0.15) is 28.6 Å². The molecule has 4 rings (SSSR count). The van der Waals surface area contributed by atoms with Crippen LogP contribution in [-0.4, -0.2) is 32.9 Å². The molecule has 0 saturated heterocycles. The van der Waals surface area contributed by atoms with Crippen LogP contribution in [0, 0.1) is 5.82 Å². The molecule has 1 aromatic heterocycles. The summed E-state index contributed by atoms with van der Waals surface area (Å²) in [5.74, 6) is -0.216. The molecule has 0 radical (unpaired) electrons. The second-order valence-corrected chi connectivity index (χ2v) is 7.18. The maximum Gasteiger partial charge on any atom is 0.123 e. The van der Waals surface area contributed by atoms with Crippen molar-refractivity contribution < 1.29 is 9.50 Å². The molecule has 144 valence electrons. The summed E-state index contributed by atoms with van der Waals surface area (Å²) in [5.41, 5.74) is 3.97. The molecule has 2 heterocycles. The van der Waals surface area contributed by atoms with Gasteiger partial charge in [0.05, 0.1) is 17.9 Å². The summed E-state index contributed by atoms with van der Waals surface area (Å²) in [6.07, 6.45) is 4.10. The number of aliphatic hydroxyl groups excluding tert-OH is 1. The van der Waals surface area contributed by atoms with E-state index >= 15 is 0 Å². The average Bonchev–Trinajstić information content (AvgIpc) is 3.14. The summed E-state index contributed by atoms with van der Waals surface area (Å²) < 4.78 is 15.0. The van der Waals surface area contributed by atoms with E-state index in [4.69, 9.17) is 0 Å². The first kappa shape index (κ1) is 18.6. The van der Waals surface area contributed by atoms with Crippen LogP contribution in [0.25, 0.3) is 6.08 Å². The molecular formula is C23H24FN3O. The monoisotopic (exact) mass is 377 g/mol. The lowest BCUT2D eigenvalue weighted by molar-refractivity contribution is 0.171. The molecule has 1 unspecified atom stereocenters. The Labute approximate surface area is 164 Å². The van der Waals surface area contributed by atoms with Crippen molar-refractivity contribution in [2.24, 2.45) is 0 Å². The van der Waals surface area contributed by atoms with Gasteiger partial charge >= 0.3 is 0 Å². The Hall–Kier alpha value is -2.76. The Morgan fingerprint density at radius 3 is 2.64 bits per heavy atom. The summed E-state index contributed by atoms with van der Waals surface area (Å²) in [6, 6.07) is 18.5. The fourth-order valence-electron chi connectivity index (χ4n) is 3.52. The largest absolute Gasteiger partial charge is 0.386 e. The molecule has 0 saturated carbocycles. The summed E-state index contributed by atoms with van der Waals surface area (Å²) >= 11 is 0. The molecule has 28 heavy (non-hydrogen) atoms. The molecule has 0 amide bonds. The predicted molar refractivity (Wildman–Crippen MR) is 108 cm³/mol. The Morgan fingerprint density at radius 2 is 1.86 bits per heavy atom. The minimum Gasteiger partial charge on any atom is -0.386 e. The van der Waals surface area contributed by atoms with Gasteiger partial charge in [-0.1, -0.05) is 54.6 Å². The van der Waals surface area contributed by atoms with E-state index in [1.807, 2.05) is 47.2 Å². The highest BCUT2D eigenvalue weighted by atomic mass is 19.1. The standard InChI is InChI=1S/C23H24FN3O/c24-20-10-8-18(9-11-20)7-4-12-26-13-14-27-21(17-26)16-22(25-27)23(28)15-19-5-2-1-3-6-19/h1-11,16,23,28H,12-15,17H2/b7-4+. The van der Waals surface area contributed by atoms with Gasteiger partial charge < -0.3 is 5.11 Å². The van der Waals surface area contributed by atoms with Gasteiger partial charge in [-0.05, 0) is 29.3 Å². The zero-order valence-electron chi connectivity index (χ0n) is 15.7. The highest BCUT2D eigenvalue weighted by Gasteiger charge is 2.20. The van der Waals surface area contributed by atoms with Gasteiger partial charge in [0.1, 0.15) is 11.9 Å². The van der Waals surface area contributed by atoms with E-state index in [1.165, 1.54) is 12.1 Å². The van der Waals surface area contributed by atoms with E-state index in [-0.39, 0.29) is 5.82 Å². The van der Waals surface area contributed by atoms with E-state index < -0.39 is 6.10 Å². The molecule has 3 aromatic rings. The van der Waals surface area contributed by atoms with Gasteiger partial charge in [-0.25, -0.2) is 4.39 Å². The van der Waals surface area contributed by atoms with Crippen molar-refractivity contribution in [2.75, 3.05) is 13.1 Å². The van der Waals surface area contributed by atoms with Crippen molar-refractivity contribution in [3.05, 3.63) is 95.1 Å². The Morgan fingerprint density at radius 1 is 1.07 bits per heavy atom. The van der Waals surface area contributed by atoms with Gasteiger partial charge in [-0.15, -0.1) is 0 Å². The van der Waals surface area contributed by atoms with E-state index in [2.05, 4.69) is 16.1 Å². The normalized spacial score (nSPS) is 15.6. The van der Waals surface area contributed by atoms with Crippen molar-refractivity contribution in [2.45, 2.75) is 25.6 Å². The quantitative estimate of drug-likeness (QED) is 0.710. The Kier molecular flexibility index (Phi) is 5.65. The summed E-state index contributed by atoms with van der Waals surface area (Å²) in [7, 11) is 0.